The highest BCUT2D eigenvalue weighted by Crippen LogP contribution is 2.31. The molecule has 0 heterocycles. The molecule has 0 aromatic heterocycles. The molecule has 9 heteroatoms. The average molecular weight is 435 g/mol. The molecule has 1 saturated carbocycles. The summed E-state index contributed by atoms with van der Waals surface area (Å²) in [5.74, 6) is -3.96. The van der Waals surface area contributed by atoms with Crippen LogP contribution in [0.25, 0.3) is 0 Å². The lowest BCUT2D eigenvalue weighted by Gasteiger charge is -2.21. The van der Waals surface area contributed by atoms with Crippen molar-refractivity contribution in [3.05, 3.63) is 64.4 Å². The quantitative estimate of drug-likeness (QED) is 0.567. The molecule has 1 aliphatic carbocycles. The fraction of sp³-hybridized carbons (Fsp3) is 0.286. The lowest BCUT2D eigenvalue weighted by molar-refractivity contribution is -0.159. The van der Waals surface area contributed by atoms with Crippen molar-refractivity contribution in [1.82, 2.24) is 5.32 Å². The topological polar surface area (TPSA) is 120 Å². The van der Waals surface area contributed by atoms with E-state index in [0.29, 0.717) is 11.8 Å². The van der Waals surface area contributed by atoms with Gasteiger partial charge < -0.3 is 20.3 Å². The Hall–Kier alpha value is -3.15. The smallest absolute Gasteiger partial charge is 0.414 e. The third kappa shape index (κ3) is 7.35. The Kier molecular flexibility index (Phi) is 8.59. The number of nitrogens with zero attached hydrogens (tertiary/aromatic N) is 1. The summed E-state index contributed by atoms with van der Waals surface area (Å²) in [6.07, 6.45) is 2.97. The first-order valence-electron chi connectivity index (χ1n) is 9.12. The highest BCUT2D eigenvalue weighted by molar-refractivity contribution is 6.30. The van der Waals surface area contributed by atoms with E-state index in [2.05, 4.69) is 5.32 Å². The third-order valence-electron chi connectivity index (χ3n) is 4.18. The molecule has 0 spiro atoms. The largest absolute Gasteiger partial charge is 0.484 e. The normalized spacial score (nSPS) is 13.4. The third-order valence-corrected chi connectivity index (χ3v) is 4.47. The van der Waals surface area contributed by atoms with Crippen LogP contribution in [-0.2, 0) is 9.59 Å². The first-order chi connectivity index (χ1) is 14.3. The van der Waals surface area contributed by atoms with Crippen molar-refractivity contribution in [1.29, 1.82) is 5.26 Å². The van der Waals surface area contributed by atoms with E-state index >= 15 is 0 Å². The van der Waals surface area contributed by atoms with E-state index in [1.54, 1.807) is 0 Å². The van der Waals surface area contributed by atoms with Crippen LogP contribution in [0, 0.1) is 17.1 Å². The van der Waals surface area contributed by atoms with Crippen LogP contribution in [0.4, 0.5) is 4.39 Å². The zero-order valence-electron chi connectivity index (χ0n) is 15.8. The number of ether oxygens (including phenoxy) is 1. The highest BCUT2D eigenvalue weighted by atomic mass is 35.5. The van der Waals surface area contributed by atoms with Gasteiger partial charge in [0.1, 0.15) is 23.7 Å². The van der Waals surface area contributed by atoms with Crippen LogP contribution in [0.2, 0.25) is 5.02 Å². The van der Waals surface area contributed by atoms with Gasteiger partial charge in [0, 0.05) is 18.5 Å². The maximum Gasteiger partial charge on any atom is 0.414 e. The van der Waals surface area contributed by atoms with Gasteiger partial charge in [-0.2, -0.15) is 5.26 Å². The number of carbonyl (C=O) groups is 2. The summed E-state index contributed by atoms with van der Waals surface area (Å²) < 4.78 is 19.6. The zero-order chi connectivity index (χ0) is 22.1. The van der Waals surface area contributed by atoms with Crippen molar-refractivity contribution >= 4 is 23.5 Å². The van der Waals surface area contributed by atoms with Crippen molar-refractivity contribution < 1.29 is 28.9 Å². The van der Waals surface area contributed by atoms with Gasteiger partial charge in [0.15, 0.2) is 0 Å². The van der Waals surface area contributed by atoms with Crippen LogP contribution in [0.3, 0.4) is 0 Å². The number of hydrogen-bond acceptors (Lipinski definition) is 5. The van der Waals surface area contributed by atoms with Crippen LogP contribution < -0.4 is 10.1 Å². The molecule has 0 unspecified atom stereocenters. The molecule has 2 aromatic rings. The maximum absolute atomic E-state index is 13.6. The summed E-state index contributed by atoms with van der Waals surface area (Å²) >= 11 is 5.85. The number of aliphatic carboxylic acids is 2. The van der Waals surface area contributed by atoms with Gasteiger partial charge in [-0.3, -0.25) is 0 Å². The molecule has 0 amide bonds. The Morgan fingerprint density at radius 3 is 2.40 bits per heavy atom. The molecular formula is C21H20ClFN2O5. The standard InChI is InChI=1S/C19H18ClFN2O.C2H2O4/c20-16-11-19(14(12-22)10-17(16)21)24-18(8-9-23-15-6-7-15)13-4-2-1-3-5-13;3-1(4)2(5)6/h1-5,10-11,15,18,23H,6-9H2;(H,3,4)(H,5,6)/t18-;/m1./s1. The summed E-state index contributed by atoms with van der Waals surface area (Å²) in [5.41, 5.74) is 1.16. The predicted octanol–water partition coefficient (Wildman–Crippen LogP) is 3.77. The number of hydrogen-bond donors (Lipinski definition) is 3. The Morgan fingerprint density at radius 1 is 1.23 bits per heavy atom. The van der Waals surface area contributed by atoms with Crippen molar-refractivity contribution in [2.75, 3.05) is 6.54 Å². The molecule has 1 atom stereocenters. The Balaban J connectivity index is 0.000000469. The highest BCUT2D eigenvalue weighted by Gasteiger charge is 2.22. The van der Waals surface area contributed by atoms with Crippen LogP contribution in [0.5, 0.6) is 5.75 Å². The molecule has 0 aliphatic heterocycles. The second-order valence-electron chi connectivity index (χ2n) is 6.52. The van der Waals surface area contributed by atoms with Gasteiger partial charge in [-0.25, -0.2) is 14.0 Å². The first-order valence-corrected chi connectivity index (χ1v) is 9.50. The van der Waals surface area contributed by atoms with E-state index in [1.807, 2.05) is 36.4 Å². The van der Waals surface area contributed by atoms with E-state index in [9.17, 15) is 9.65 Å². The minimum absolute atomic E-state index is 0.0492. The number of carboxylic acids is 2. The number of nitrogens with one attached hydrogen (secondary N) is 1. The van der Waals surface area contributed by atoms with E-state index in [1.165, 1.54) is 18.9 Å². The predicted molar refractivity (Wildman–Crippen MR) is 107 cm³/mol. The lowest BCUT2D eigenvalue weighted by atomic mass is 10.1. The monoisotopic (exact) mass is 434 g/mol. The van der Waals surface area contributed by atoms with Gasteiger partial charge in [0.05, 0.1) is 10.6 Å². The van der Waals surface area contributed by atoms with Gasteiger partial charge in [0.2, 0.25) is 0 Å². The Bertz CT molecular complexity index is 917. The molecule has 30 heavy (non-hydrogen) atoms. The molecule has 0 radical (unpaired) electrons. The van der Waals surface area contributed by atoms with Crippen LogP contribution in [-0.4, -0.2) is 34.7 Å². The number of benzene rings is 2. The number of rotatable bonds is 7. The molecule has 1 fully saturated rings. The van der Waals surface area contributed by atoms with Crippen LogP contribution >= 0.6 is 11.6 Å². The summed E-state index contributed by atoms with van der Waals surface area (Å²) in [6.45, 7) is 0.820. The SMILES string of the molecule is N#Cc1cc(F)c(Cl)cc1O[C@H](CCNC1CC1)c1ccccc1.O=C(O)C(=O)O. The van der Waals surface area contributed by atoms with Gasteiger partial charge >= 0.3 is 11.9 Å². The van der Waals surface area contributed by atoms with E-state index in [4.69, 9.17) is 36.1 Å². The van der Waals surface area contributed by atoms with Gasteiger partial charge in [0.25, 0.3) is 0 Å². The fourth-order valence-electron chi connectivity index (χ4n) is 2.53. The molecular weight excluding hydrogens is 415 g/mol. The summed E-state index contributed by atoms with van der Waals surface area (Å²) in [6, 6.07) is 14.9. The van der Waals surface area contributed by atoms with E-state index in [-0.39, 0.29) is 16.7 Å². The minimum atomic E-state index is -1.82. The molecule has 3 rings (SSSR count). The second-order valence-corrected chi connectivity index (χ2v) is 6.93. The summed E-state index contributed by atoms with van der Waals surface area (Å²) in [7, 11) is 0. The minimum Gasteiger partial charge on any atom is -0.484 e. The zero-order valence-corrected chi connectivity index (χ0v) is 16.6. The average Bonchev–Trinajstić information content (AvgIpc) is 3.55. The fourth-order valence-corrected chi connectivity index (χ4v) is 2.69. The molecule has 2 aromatic carbocycles. The number of halogens is 2. The number of nitriles is 1. The van der Waals surface area contributed by atoms with Crippen molar-refractivity contribution in [2.45, 2.75) is 31.4 Å². The molecule has 0 bridgehead atoms. The molecule has 7 nitrogen and oxygen atoms in total. The second kappa shape index (κ2) is 11.1. The Morgan fingerprint density at radius 2 is 1.87 bits per heavy atom. The lowest BCUT2D eigenvalue weighted by Crippen LogP contribution is -2.21. The molecule has 158 valence electrons. The molecule has 1 aliphatic rings. The van der Waals surface area contributed by atoms with Crippen LogP contribution in [0.15, 0.2) is 42.5 Å². The van der Waals surface area contributed by atoms with Crippen molar-refractivity contribution in [3.8, 4) is 11.8 Å². The molecule has 0 saturated heterocycles. The summed E-state index contributed by atoms with van der Waals surface area (Å²) in [4.78, 5) is 18.2. The van der Waals surface area contributed by atoms with Crippen LogP contribution in [0.1, 0.15) is 36.5 Å². The van der Waals surface area contributed by atoms with Gasteiger partial charge in [-0.1, -0.05) is 41.9 Å². The Labute approximate surface area is 177 Å². The van der Waals surface area contributed by atoms with E-state index in [0.717, 1.165) is 24.6 Å². The number of carboxylic acid groups (broad SMARTS) is 2. The summed E-state index contributed by atoms with van der Waals surface area (Å²) in [5, 5.41) is 27.4. The maximum atomic E-state index is 13.6. The van der Waals surface area contributed by atoms with E-state index < -0.39 is 17.8 Å². The van der Waals surface area contributed by atoms with Gasteiger partial charge in [-0.05, 0) is 31.0 Å². The van der Waals surface area contributed by atoms with Gasteiger partial charge in [-0.15, -0.1) is 0 Å². The first kappa shape index (κ1) is 23.1. The molecule has 3 N–H and O–H groups in total. The van der Waals surface area contributed by atoms with Crippen molar-refractivity contribution in [3.63, 3.8) is 0 Å². The van der Waals surface area contributed by atoms with Crippen molar-refractivity contribution in [2.24, 2.45) is 0 Å².